The number of benzene rings is 2. The zero-order valence-electron chi connectivity index (χ0n) is 16.6. The van der Waals surface area contributed by atoms with Crippen molar-refractivity contribution in [3.63, 3.8) is 0 Å². The summed E-state index contributed by atoms with van der Waals surface area (Å²) in [5.41, 5.74) is 2.58. The van der Waals surface area contributed by atoms with E-state index in [9.17, 15) is 9.90 Å². The van der Waals surface area contributed by atoms with Crippen LogP contribution in [0.4, 0.5) is 0 Å². The predicted molar refractivity (Wildman–Crippen MR) is 116 cm³/mol. The SMILES string of the molecule is COc1ccc(CNCc2c(O)c(Cl)cc3c(C)c(C)c(=O)oc23)c(OC)c1.Cl. The first-order valence-corrected chi connectivity index (χ1v) is 9.11. The molecule has 1 heterocycles. The molecule has 0 atom stereocenters. The maximum absolute atomic E-state index is 12.1. The first-order chi connectivity index (χ1) is 13.4. The van der Waals surface area contributed by atoms with Gasteiger partial charge in [-0.2, -0.15) is 0 Å². The molecular weight excluding hydrogens is 417 g/mol. The van der Waals surface area contributed by atoms with Crippen molar-refractivity contribution in [2.45, 2.75) is 26.9 Å². The Kier molecular flexibility index (Phi) is 7.41. The Morgan fingerprint density at radius 1 is 1.10 bits per heavy atom. The lowest BCUT2D eigenvalue weighted by molar-refractivity contribution is 0.389. The lowest BCUT2D eigenvalue weighted by Crippen LogP contribution is -2.15. The quantitative estimate of drug-likeness (QED) is 0.550. The predicted octanol–water partition coefficient (Wildman–Crippen LogP) is 4.50. The average Bonchev–Trinajstić information content (AvgIpc) is 2.70. The largest absolute Gasteiger partial charge is 0.506 e. The fraction of sp³-hybridized carbons (Fsp3) is 0.286. The molecule has 0 fully saturated rings. The molecule has 1 aromatic heterocycles. The van der Waals surface area contributed by atoms with Crippen LogP contribution < -0.4 is 20.4 Å². The molecule has 0 aliphatic carbocycles. The summed E-state index contributed by atoms with van der Waals surface area (Å²) in [6.45, 7) is 4.26. The van der Waals surface area contributed by atoms with Gasteiger partial charge in [-0.25, -0.2) is 4.79 Å². The van der Waals surface area contributed by atoms with Gasteiger partial charge in [-0.05, 0) is 31.5 Å². The number of phenolic OH excluding ortho intramolecular Hbond substituents is 1. The molecule has 0 unspecified atom stereocenters. The van der Waals surface area contributed by atoms with Gasteiger partial charge < -0.3 is 24.3 Å². The monoisotopic (exact) mass is 439 g/mol. The van der Waals surface area contributed by atoms with E-state index in [1.807, 2.05) is 19.1 Å². The molecule has 0 spiro atoms. The maximum atomic E-state index is 12.1. The van der Waals surface area contributed by atoms with Crippen LogP contribution in [0.3, 0.4) is 0 Å². The molecule has 2 aromatic carbocycles. The number of methoxy groups -OCH3 is 2. The summed E-state index contributed by atoms with van der Waals surface area (Å²) >= 11 is 6.20. The summed E-state index contributed by atoms with van der Waals surface area (Å²) in [5.74, 6) is 1.28. The first kappa shape index (κ1) is 22.9. The van der Waals surface area contributed by atoms with Crippen LogP contribution in [0.15, 0.2) is 33.5 Å². The zero-order chi connectivity index (χ0) is 20.4. The lowest BCUT2D eigenvalue weighted by Gasteiger charge is -2.14. The number of aromatic hydroxyl groups is 1. The smallest absolute Gasteiger partial charge is 0.339 e. The number of aryl methyl sites for hydroxylation is 1. The van der Waals surface area contributed by atoms with Crippen LogP contribution in [-0.2, 0) is 13.1 Å². The van der Waals surface area contributed by atoms with Crippen molar-refractivity contribution in [1.29, 1.82) is 0 Å². The van der Waals surface area contributed by atoms with Crippen LogP contribution in [0.5, 0.6) is 17.2 Å². The molecule has 0 bridgehead atoms. The van der Waals surface area contributed by atoms with E-state index in [-0.39, 0.29) is 29.7 Å². The second kappa shape index (κ2) is 9.39. The van der Waals surface area contributed by atoms with E-state index in [2.05, 4.69) is 5.32 Å². The number of phenols is 1. The van der Waals surface area contributed by atoms with Gasteiger partial charge in [-0.3, -0.25) is 0 Å². The topological polar surface area (TPSA) is 80.9 Å². The van der Waals surface area contributed by atoms with Gasteiger partial charge in [0.1, 0.15) is 22.8 Å². The number of fused-ring (bicyclic) bond motifs is 1. The number of rotatable bonds is 6. The number of halogens is 2. The van der Waals surface area contributed by atoms with Crippen molar-refractivity contribution in [3.8, 4) is 17.2 Å². The molecule has 0 saturated carbocycles. The van der Waals surface area contributed by atoms with Crippen LogP contribution in [-0.4, -0.2) is 19.3 Å². The number of hydrogen-bond donors (Lipinski definition) is 2. The van der Waals surface area contributed by atoms with Crippen LogP contribution in [0.1, 0.15) is 22.3 Å². The highest BCUT2D eigenvalue weighted by atomic mass is 35.5. The summed E-state index contributed by atoms with van der Waals surface area (Å²) in [7, 11) is 3.19. The van der Waals surface area contributed by atoms with E-state index < -0.39 is 5.63 Å². The minimum Gasteiger partial charge on any atom is -0.506 e. The third kappa shape index (κ3) is 4.45. The van der Waals surface area contributed by atoms with Crippen molar-refractivity contribution < 1.29 is 19.0 Å². The van der Waals surface area contributed by atoms with Gasteiger partial charge in [0, 0.05) is 35.7 Å². The Bertz CT molecular complexity index is 1090. The van der Waals surface area contributed by atoms with Gasteiger partial charge in [0.05, 0.1) is 24.8 Å². The highest BCUT2D eigenvalue weighted by Gasteiger charge is 2.18. The minimum atomic E-state index is -0.426. The van der Waals surface area contributed by atoms with Gasteiger partial charge >= 0.3 is 5.63 Å². The molecule has 3 aromatic rings. The van der Waals surface area contributed by atoms with E-state index in [0.717, 1.165) is 11.1 Å². The summed E-state index contributed by atoms with van der Waals surface area (Å²) < 4.78 is 16.1. The third-order valence-corrected chi connectivity index (χ3v) is 5.17. The van der Waals surface area contributed by atoms with E-state index >= 15 is 0 Å². The molecule has 2 N–H and O–H groups in total. The van der Waals surface area contributed by atoms with Crippen molar-refractivity contribution in [2.75, 3.05) is 14.2 Å². The van der Waals surface area contributed by atoms with Crippen molar-refractivity contribution in [2.24, 2.45) is 0 Å². The Labute approximate surface area is 179 Å². The van der Waals surface area contributed by atoms with E-state index in [0.29, 0.717) is 40.1 Å². The summed E-state index contributed by atoms with van der Waals surface area (Å²) in [6.07, 6.45) is 0. The summed E-state index contributed by atoms with van der Waals surface area (Å²) in [6, 6.07) is 7.16. The molecular formula is C21H23Cl2NO5. The molecule has 156 valence electrons. The van der Waals surface area contributed by atoms with E-state index in [4.69, 9.17) is 25.5 Å². The standard InChI is InChI=1S/C21H22ClNO5.ClH/c1-11-12(2)21(25)28-20-15(11)8-17(22)19(24)16(20)10-23-9-13-5-6-14(26-3)7-18(13)27-4;/h5-8,23-24H,9-10H2,1-4H3;1H. The molecule has 0 amide bonds. The van der Waals surface area contributed by atoms with Gasteiger partial charge in [0.2, 0.25) is 0 Å². The number of hydrogen-bond acceptors (Lipinski definition) is 6. The summed E-state index contributed by atoms with van der Waals surface area (Å²) in [4.78, 5) is 12.1. The fourth-order valence-electron chi connectivity index (χ4n) is 3.08. The Hall–Kier alpha value is -2.41. The number of ether oxygens (including phenoxy) is 2. The summed E-state index contributed by atoms with van der Waals surface area (Å²) in [5, 5.41) is 14.6. The van der Waals surface area contributed by atoms with Crippen LogP contribution in [0.25, 0.3) is 11.0 Å². The molecule has 3 rings (SSSR count). The lowest BCUT2D eigenvalue weighted by atomic mass is 10.0. The normalized spacial score (nSPS) is 10.7. The third-order valence-electron chi connectivity index (χ3n) is 4.88. The molecule has 6 nitrogen and oxygen atoms in total. The van der Waals surface area contributed by atoms with E-state index in [1.165, 1.54) is 0 Å². The second-order valence-electron chi connectivity index (χ2n) is 6.48. The highest BCUT2D eigenvalue weighted by molar-refractivity contribution is 6.33. The highest BCUT2D eigenvalue weighted by Crippen LogP contribution is 2.36. The Morgan fingerprint density at radius 3 is 2.48 bits per heavy atom. The Balaban J connectivity index is 0.00000300. The van der Waals surface area contributed by atoms with E-state index in [1.54, 1.807) is 33.3 Å². The zero-order valence-corrected chi connectivity index (χ0v) is 18.2. The fourth-order valence-corrected chi connectivity index (χ4v) is 3.30. The van der Waals surface area contributed by atoms with Crippen LogP contribution >= 0.6 is 24.0 Å². The molecule has 8 heteroatoms. The molecule has 0 saturated heterocycles. The molecule has 29 heavy (non-hydrogen) atoms. The average molecular weight is 440 g/mol. The van der Waals surface area contributed by atoms with Crippen LogP contribution in [0, 0.1) is 13.8 Å². The maximum Gasteiger partial charge on any atom is 0.339 e. The van der Waals surface area contributed by atoms with Gasteiger partial charge in [0.25, 0.3) is 0 Å². The minimum absolute atomic E-state index is 0. The molecule has 0 aliphatic rings. The van der Waals surface area contributed by atoms with Crippen molar-refractivity contribution in [3.05, 3.63) is 62.0 Å². The van der Waals surface area contributed by atoms with Crippen molar-refractivity contribution >= 4 is 35.0 Å². The van der Waals surface area contributed by atoms with Crippen molar-refractivity contribution in [1.82, 2.24) is 5.32 Å². The second-order valence-corrected chi connectivity index (χ2v) is 6.89. The molecule has 0 aliphatic heterocycles. The first-order valence-electron chi connectivity index (χ1n) is 8.73. The number of nitrogens with one attached hydrogen (secondary N) is 1. The van der Waals surface area contributed by atoms with Gasteiger partial charge in [-0.1, -0.05) is 17.7 Å². The Morgan fingerprint density at radius 2 is 1.83 bits per heavy atom. The molecule has 0 radical (unpaired) electrons. The van der Waals surface area contributed by atoms with Gasteiger partial charge in [0.15, 0.2) is 0 Å². The van der Waals surface area contributed by atoms with Gasteiger partial charge in [-0.15, -0.1) is 12.4 Å². The van der Waals surface area contributed by atoms with Crippen LogP contribution in [0.2, 0.25) is 5.02 Å².